The van der Waals surface area contributed by atoms with Crippen molar-refractivity contribution in [2.24, 2.45) is 0 Å². The first-order chi connectivity index (χ1) is 16.1. The minimum atomic E-state index is -0.505. The number of ether oxygens (including phenoxy) is 1. The molecular formula is C25H28Cl2N4O3. The summed E-state index contributed by atoms with van der Waals surface area (Å²) >= 11 is 12.4. The molecule has 0 saturated carbocycles. The molecule has 0 unspecified atom stereocenters. The van der Waals surface area contributed by atoms with Gasteiger partial charge in [-0.2, -0.15) is 5.10 Å². The average molecular weight is 503 g/mol. The van der Waals surface area contributed by atoms with Crippen LogP contribution in [0.25, 0.3) is 5.69 Å². The maximum atomic E-state index is 12.8. The lowest BCUT2D eigenvalue weighted by Gasteiger charge is -2.14. The van der Waals surface area contributed by atoms with Crippen LogP contribution in [0.2, 0.25) is 10.0 Å². The number of amides is 2. The van der Waals surface area contributed by atoms with E-state index in [0.29, 0.717) is 34.6 Å². The smallest absolute Gasteiger partial charge is 0.324 e. The largest absolute Gasteiger partial charge is 0.466 e. The number of esters is 1. The minimum absolute atomic E-state index is 0.237. The molecule has 7 nitrogen and oxygen atoms in total. The van der Waals surface area contributed by atoms with Gasteiger partial charge in [-0.3, -0.25) is 10.1 Å². The first-order valence-corrected chi connectivity index (χ1v) is 11.7. The first-order valence-electron chi connectivity index (χ1n) is 11.0. The number of benzene rings is 2. The van der Waals surface area contributed by atoms with Crippen molar-refractivity contribution in [1.82, 2.24) is 9.78 Å². The lowest BCUT2D eigenvalue weighted by Crippen LogP contribution is -2.21. The van der Waals surface area contributed by atoms with Gasteiger partial charge < -0.3 is 10.1 Å². The van der Waals surface area contributed by atoms with Crippen molar-refractivity contribution >= 4 is 46.7 Å². The van der Waals surface area contributed by atoms with E-state index in [-0.39, 0.29) is 17.8 Å². The molecule has 9 heteroatoms. The predicted octanol–water partition coefficient (Wildman–Crippen LogP) is 6.62. The lowest BCUT2D eigenvalue weighted by atomic mass is 9.92. The standard InChI is InChI=1S/C25H28Cl2N4O3/c1-5-34-22(32)13-12-16-8-6-9-17(14-16)31-21(15-20(30-31)25(2,3)4)28-24(33)29-23-18(26)10-7-11-19(23)27/h6-11,14-15H,5,12-13H2,1-4H3,(H2,28,29,33). The third-order valence-electron chi connectivity index (χ3n) is 5.00. The molecule has 0 atom stereocenters. The molecule has 0 aliphatic carbocycles. The van der Waals surface area contributed by atoms with Crippen molar-refractivity contribution in [3.8, 4) is 5.69 Å². The summed E-state index contributed by atoms with van der Waals surface area (Å²) in [6.07, 6.45) is 0.823. The summed E-state index contributed by atoms with van der Waals surface area (Å²) in [6.45, 7) is 8.28. The highest BCUT2D eigenvalue weighted by Crippen LogP contribution is 2.31. The van der Waals surface area contributed by atoms with Crippen LogP contribution >= 0.6 is 23.2 Å². The molecule has 2 N–H and O–H groups in total. The second kappa shape index (κ2) is 10.9. The molecule has 3 aromatic rings. The van der Waals surface area contributed by atoms with E-state index in [1.807, 2.05) is 51.1 Å². The summed E-state index contributed by atoms with van der Waals surface area (Å²) < 4.78 is 6.69. The molecule has 0 radical (unpaired) electrons. The number of hydrogen-bond donors (Lipinski definition) is 2. The number of hydrogen-bond acceptors (Lipinski definition) is 4. The van der Waals surface area contributed by atoms with Crippen LogP contribution in [0.5, 0.6) is 0 Å². The number of carbonyl (C=O) groups is 2. The molecule has 3 rings (SSSR count). The minimum Gasteiger partial charge on any atom is -0.466 e. The zero-order chi connectivity index (χ0) is 24.9. The normalized spacial score (nSPS) is 11.2. The highest BCUT2D eigenvalue weighted by Gasteiger charge is 2.22. The number of carbonyl (C=O) groups excluding carboxylic acids is 2. The Hall–Kier alpha value is -3.03. The molecule has 1 aromatic heterocycles. The van der Waals surface area contributed by atoms with Gasteiger partial charge in [0.15, 0.2) is 0 Å². The molecule has 0 bridgehead atoms. The van der Waals surface area contributed by atoms with E-state index in [4.69, 9.17) is 33.0 Å². The Kier molecular flexibility index (Phi) is 8.23. The van der Waals surface area contributed by atoms with Crippen molar-refractivity contribution in [2.45, 2.75) is 46.0 Å². The Morgan fingerprint density at radius 2 is 1.71 bits per heavy atom. The summed E-state index contributed by atoms with van der Waals surface area (Å²) in [4.78, 5) is 24.5. The molecule has 1 heterocycles. The van der Waals surface area contributed by atoms with Gasteiger partial charge in [-0.15, -0.1) is 0 Å². The Bertz CT molecular complexity index is 1160. The fourth-order valence-electron chi connectivity index (χ4n) is 3.24. The number of aromatic nitrogens is 2. The van der Waals surface area contributed by atoms with E-state index in [1.54, 1.807) is 29.8 Å². The van der Waals surface area contributed by atoms with Crippen molar-refractivity contribution in [2.75, 3.05) is 17.2 Å². The Morgan fingerprint density at radius 1 is 1.03 bits per heavy atom. The maximum Gasteiger partial charge on any atom is 0.324 e. The highest BCUT2D eigenvalue weighted by molar-refractivity contribution is 6.39. The summed E-state index contributed by atoms with van der Waals surface area (Å²) in [5.74, 6) is 0.243. The third-order valence-corrected chi connectivity index (χ3v) is 5.63. The number of aryl methyl sites for hydroxylation is 1. The van der Waals surface area contributed by atoms with Crippen LogP contribution in [-0.4, -0.2) is 28.4 Å². The fourth-order valence-corrected chi connectivity index (χ4v) is 3.73. The highest BCUT2D eigenvalue weighted by atomic mass is 35.5. The Labute approximate surface area is 209 Å². The van der Waals surface area contributed by atoms with E-state index < -0.39 is 6.03 Å². The van der Waals surface area contributed by atoms with Gasteiger partial charge in [0, 0.05) is 17.9 Å². The number of rotatable bonds is 7. The van der Waals surface area contributed by atoms with Crippen LogP contribution in [0, 0.1) is 0 Å². The van der Waals surface area contributed by atoms with Crippen LogP contribution in [0.4, 0.5) is 16.3 Å². The van der Waals surface area contributed by atoms with E-state index in [0.717, 1.165) is 16.9 Å². The predicted molar refractivity (Wildman–Crippen MR) is 136 cm³/mol. The van der Waals surface area contributed by atoms with Gasteiger partial charge in [-0.1, -0.05) is 62.2 Å². The van der Waals surface area contributed by atoms with Crippen LogP contribution < -0.4 is 10.6 Å². The zero-order valence-corrected chi connectivity index (χ0v) is 21.1. The van der Waals surface area contributed by atoms with Gasteiger partial charge in [-0.05, 0) is 43.2 Å². The van der Waals surface area contributed by atoms with Gasteiger partial charge in [-0.25, -0.2) is 9.48 Å². The summed E-state index contributed by atoms with van der Waals surface area (Å²) in [6, 6.07) is 14.0. The van der Waals surface area contributed by atoms with Gasteiger partial charge in [0.25, 0.3) is 0 Å². The molecular weight excluding hydrogens is 475 g/mol. The molecule has 34 heavy (non-hydrogen) atoms. The van der Waals surface area contributed by atoms with E-state index in [9.17, 15) is 9.59 Å². The number of nitrogens with zero attached hydrogens (tertiary/aromatic N) is 2. The Balaban J connectivity index is 1.88. The quantitative estimate of drug-likeness (QED) is 0.355. The first kappa shape index (κ1) is 25.6. The van der Waals surface area contributed by atoms with Crippen LogP contribution in [0.1, 0.15) is 45.4 Å². The molecule has 180 valence electrons. The average Bonchev–Trinajstić information content (AvgIpc) is 3.20. The van der Waals surface area contributed by atoms with Crippen LogP contribution in [-0.2, 0) is 21.4 Å². The summed E-state index contributed by atoms with van der Waals surface area (Å²) in [5, 5.41) is 11.0. The topological polar surface area (TPSA) is 85.2 Å². The third kappa shape index (κ3) is 6.52. The molecule has 0 aliphatic rings. The molecule has 0 aliphatic heterocycles. The number of nitrogens with one attached hydrogen (secondary N) is 2. The molecule has 2 aromatic carbocycles. The molecule has 0 saturated heterocycles. The van der Waals surface area contributed by atoms with Crippen molar-refractivity contribution in [1.29, 1.82) is 0 Å². The second-order valence-corrected chi connectivity index (χ2v) is 9.54. The van der Waals surface area contributed by atoms with Gasteiger partial charge >= 0.3 is 12.0 Å². The summed E-state index contributed by atoms with van der Waals surface area (Å²) in [7, 11) is 0. The van der Waals surface area contributed by atoms with Crippen LogP contribution in [0.15, 0.2) is 48.5 Å². The van der Waals surface area contributed by atoms with E-state index >= 15 is 0 Å². The molecule has 0 fully saturated rings. The van der Waals surface area contributed by atoms with Crippen molar-refractivity contribution in [3.05, 3.63) is 69.8 Å². The van der Waals surface area contributed by atoms with Gasteiger partial charge in [0.1, 0.15) is 5.82 Å². The number of para-hydroxylation sites is 1. The maximum absolute atomic E-state index is 12.8. The number of urea groups is 1. The number of halogens is 2. The van der Waals surface area contributed by atoms with E-state index in [2.05, 4.69) is 10.6 Å². The SMILES string of the molecule is CCOC(=O)CCc1cccc(-n2nc(C(C)(C)C)cc2NC(=O)Nc2c(Cl)cccc2Cl)c1. The van der Waals surface area contributed by atoms with Gasteiger partial charge in [0.05, 0.1) is 33.7 Å². The molecule has 0 spiro atoms. The lowest BCUT2D eigenvalue weighted by molar-refractivity contribution is -0.143. The fraction of sp³-hybridized carbons (Fsp3) is 0.320. The molecule has 2 amide bonds. The second-order valence-electron chi connectivity index (χ2n) is 8.73. The van der Waals surface area contributed by atoms with Crippen molar-refractivity contribution in [3.63, 3.8) is 0 Å². The van der Waals surface area contributed by atoms with Crippen molar-refractivity contribution < 1.29 is 14.3 Å². The number of anilines is 2. The van der Waals surface area contributed by atoms with Crippen LogP contribution in [0.3, 0.4) is 0 Å². The van der Waals surface area contributed by atoms with E-state index in [1.165, 1.54) is 0 Å². The Morgan fingerprint density at radius 3 is 2.35 bits per heavy atom. The summed E-state index contributed by atoms with van der Waals surface area (Å²) in [5.41, 5.74) is 2.59. The monoisotopic (exact) mass is 502 g/mol. The zero-order valence-electron chi connectivity index (χ0n) is 19.6. The van der Waals surface area contributed by atoms with Gasteiger partial charge in [0.2, 0.25) is 0 Å².